The predicted octanol–water partition coefficient (Wildman–Crippen LogP) is 6.46. The van der Waals surface area contributed by atoms with Crippen molar-refractivity contribution in [3.63, 3.8) is 0 Å². The van der Waals surface area contributed by atoms with Crippen molar-refractivity contribution in [2.24, 2.45) is 0 Å². The molecule has 0 aromatic heterocycles. The van der Waals surface area contributed by atoms with Crippen molar-refractivity contribution in [3.05, 3.63) is 107 Å². The maximum absolute atomic E-state index is 13.0. The Morgan fingerprint density at radius 2 is 0.902 bits per heavy atom. The van der Waals surface area contributed by atoms with Gasteiger partial charge in [-0.1, -0.05) is 36.4 Å². The zero-order valence-corrected chi connectivity index (χ0v) is 20.6. The summed E-state index contributed by atoms with van der Waals surface area (Å²) < 4.78 is 78.2. The molecule has 41 heavy (non-hydrogen) atoms. The molecule has 0 heterocycles. The van der Waals surface area contributed by atoms with Crippen molar-refractivity contribution in [1.29, 1.82) is 0 Å². The Labute approximate surface area is 227 Å². The second-order valence-corrected chi connectivity index (χ2v) is 9.27. The Balaban J connectivity index is 1.81. The third-order valence-corrected chi connectivity index (χ3v) is 6.77. The van der Waals surface area contributed by atoms with E-state index in [1.807, 2.05) is 10.6 Å². The predicted molar refractivity (Wildman–Crippen MR) is 136 cm³/mol. The molecule has 6 nitrogen and oxygen atoms in total. The second-order valence-electron chi connectivity index (χ2n) is 9.27. The maximum Gasteiger partial charge on any atom is 0.471 e. The third-order valence-electron chi connectivity index (χ3n) is 6.77. The molecule has 210 valence electrons. The van der Waals surface area contributed by atoms with Crippen molar-refractivity contribution in [2.75, 3.05) is 10.6 Å². The van der Waals surface area contributed by atoms with Gasteiger partial charge in [0.25, 0.3) is 0 Å². The maximum atomic E-state index is 13.0. The minimum absolute atomic E-state index is 0.106. The summed E-state index contributed by atoms with van der Waals surface area (Å²) in [6.07, 6.45) is -10.3. The van der Waals surface area contributed by atoms with Crippen LogP contribution in [0.1, 0.15) is 22.3 Å². The number of aromatic hydroxyl groups is 2. The number of anilines is 2. The number of amides is 2. The standard InChI is InChI=1S/C29H18F6N2O4/c30-28(31,32)25(40)36-17-5-11-21-22-12-6-18(37-26(41)29(33,34)35)14-24(22)27(23(21)13-17,15-1-7-19(38)8-2-15)16-3-9-20(39)10-4-16/h1-14,38-39H,(H,36,40)(H,37,41). The van der Waals surface area contributed by atoms with Gasteiger partial charge in [0.1, 0.15) is 11.5 Å². The van der Waals surface area contributed by atoms with Gasteiger partial charge in [-0.25, -0.2) is 0 Å². The lowest BCUT2D eigenvalue weighted by Crippen LogP contribution is -2.31. The van der Waals surface area contributed by atoms with Gasteiger partial charge in [0.05, 0.1) is 5.41 Å². The highest BCUT2D eigenvalue weighted by molar-refractivity contribution is 5.98. The van der Waals surface area contributed by atoms with Gasteiger partial charge in [0.15, 0.2) is 0 Å². The van der Waals surface area contributed by atoms with Crippen LogP contribution < -0.4 is 10.6 Å². The molecule has 0 atom stereocenters. The van der Waals surface area contributed by atoms with Crippen LogP contribution in [0.15, 0.2) is 84.9 Å². The molecule has 4 aromatic carbocycles. The van der Waals surface area contributed by atoms with E-state index >= 15 is 0 Å². The van der Waals surface area contributed by atoms with Gasteiger partial charge in [-0.15, -0.1) is 0 Å². The van der Waals surface area contributed by atoms with Crippen LogP contribution in [0.25, 0.3) is 11.1 Å². The van der Waals surface area contributed by atoms with E-state index in [0.29, 0.717) is 33.4 Å². The molecule has 0 saturated heterocycles. The lowest BCUT2D eigenvalue weighted by Gasteiger charge is -2.34. The van der Waals surface area contributed by atoms with Gasteiger partial charge in [-0.05, 0) is 81.9 Å². The van der Waals surface area contributed by atoms with E-state index in [4.69, 9.17) is 0 Å². The Morgan fingerprint density at radius 3 is 1.22 bits per heavy atom. The molecule has 0 bridgehead atoms. The summed E-state index contributed by atoms with van der Waals surface area (Å²) >= 11 is 0. The van der Waals surface area contributed by atoms with E-state index in [2.05, 4.69) is 0 Å². The van der Waals surface area contributed by atoms with Crippen LogP contribution in [-0.2, 0) is 15.0 Å². The fourth-order valence-electron chi connectivity index (χ4n) is 5.09. The Bertz CT molecular complexity index is 1540. The van der Waals surface area contributed by atoms with E-state index in [0.717, 1.165) is 0 Å². The molecule has 0 aliphatic heterocycles. The number of hydrogen-bond acceptors (Lipinski definition) is 4. The second kappa shape index (κ2) is 9.58. The molecule has 4 N–H and O–H groups in total. The highest BCUT2D eigenvalue weighted by atomic mass is 19.4. The molecule has 0 unspecified atom stereocenters. The molecule has 12 heteroatoms. The highest BCUT2D eigenvalue weighted by Crippen LogP contribution is 2.57. The summed E-state index contributed by atoms with van der Waals surface area (Å²) in [7, 11) is 0. The fraction of sp³-hybridized carbons (Fsp3) is 0.103. The van der Waals surface area contributed by atoms with Gasteiger partial charge in [-0.2, -0.15) is 26.3 Å². The first-order valence-electron chi connectivity index (χ1n) is 11.9. The normalized spacial score (nSPS) is 13.7. The lowest BCUT2D eigenvalue weighted by atomic mass is 9.67. The van der Waals surface area contributed by atoms with Crippen LogP contribution in [0.5, 0.6) is 11.5 Å². The van der Waals surface area contributed by atoms with Crippen LogP contribution in [0, 0.1) is 0 Å². The lowest BCUT2D eigenvalue weighted by molar-refractivity contribution is -0.167. The van der Waals surface area contributed by atoms with E-state index in [1.165, 1.54) is 84.9 Å². The van der Waals surface area contributed by atoms with E-state index in [-0.39, 0.29) is 22.9 Å². The number of alkyl halides is 6. The van der Waals surface area contributed by atoms with Crippen LogP contribution in [-0.4, -0.2) is 34.4 Å². The Hall–Kier alpha value is -5.00. The average Bonchev–Trinajstić information content (AvgIpc) is 3.18. The van der Waals surface area contributed by atoms with E-state index < -0.39 is 29.6 Å². The summed E-state index contributed by atoms with van der Waals surface area (Å²) in [4.78, 5) is 23.5. The molecule has 5 rings (SSSR count). The zero-order chi connectivity index (χ0) is 29.7. The number of phenolic OH excluding ortho intramolecular Hbond substituents is 2. The summed E-state index contributed by atoms with van der Waals surface area (Å²) in [6.45, 7) is 0. The number of phenols is 2. The zero-order valence-electron chi connectivity index (χ0n) is 20.6. The first-order chi connectivity index (χ1) is 19.2. The van der Waals surface area contributed by atoms with Crippen LogP contribution >= 0.6 is 0 Å². The van der Waals surface area contributed by atoms with Crippen molar-refractivity contribution in [3.8, 4) is 22.6 Å². The first kappa shape index (κ1) is 27.6. The Kier molecular flexibility index (Phi) is 6.44. The van der Waals surface area contributed by atoms with Gasteiger partial charge < -0.3 is 20.8 Å². The summed E-state index contributed by atoms with van der Waals surface area (Å²) in [5, 5.41) is 23.6. The molecule has 0 radical (unpaired) electrons. The number of carbonyl (C=O) groups is 2. The van der Waals surface area contributed by atoms with Gasteiger partial charge in [-0.3, -0.25) is 9.59 Å². The molecular weight excluding hydrogens is 554 g/mol. The number of nitrogens with one attached hydrogen (secondary N) is 2. The SMILES string of the molecule is O=C(Nc1ccc2c(c1)C(c1ccc(O)cc1)(c1ccc(O)cc1)c1cc(NC(=O)C(F)(F)F)ccc1-2)C(F)(F)F. The molecule has 0 fully saturated rings. The number of carbonyl (C=O) groups excluding carboxylic acids is 2. The van der Waals surface area contributed by atoms with Crippen molar-refractivity contribution in [1.82, 2.24) is 0 Å². The quantitative estimate of drug-likeness (QED) is 0.186. The number of hydrogen-bond donors (Lipinski definition) is 4. The molecular formula is C29H18F6N2O4. The first-order valence-corrected chi connectivity index (χ1v) is 11.9. The van der Waals surface area contributed by atoms with Crippen molar-refractivity contribution < 1.29 is 46.1 Å². The monoisotopic (exact) mass is 572 g/mol. The van der Waals surface area contributed by atoms with Gasteiger partial charge in [0.2, 0.25) is 0 Å². The largest absolute Gasteiger partial charge is 0.508 e. The summed E-state index contributed by atoms with van der Waals surface area (Å²) in [5.74, 6) is -4.62. The van der Waals surface area contributed by atoms with E-state index in [1.54, 1.807) is 0 Å². The van der Waals surface area contributed by atoms with Gasteiger partial charge in [0, 0.05) is 11.4 Å². The minimum Gasteiger partial charge on any atom is -0.508 e. The van der Waals surface area contributed by atoms with Gasteiger partial charge >= 0.3 is 24.2 Å². The molecule has 1 aliphatic carbocycles. The topological polar surface area (TPSA) is 98.7 Å². The molecule has 2 amide bonds. The highest BCUT2D eigenvalue weighted by Gasteiger charge is 2.47. The van der Waals surface area contributed by atoms with Crippen molar-refractivity contribution in [2.45, 2.75) is 17.8 Å². The number of halogens is 6. The average molecular weight is 572 g/mol. The van der Waals surface area contributed by atoms with E-state index in [9.17, 15) is 46.1 Å². The molecule has 4 aromatic rings. The third kappa shape index (κ3) is 4.81. The summed E-state index contributed by atoms with van der Waals surface area (Å²) in [5.41, 5.74) is 0.715. The Morgan fingerprint density at radius 1 is 0.561 bits per heavy atom. The number of fused-ring (bicyclic) bond motifs is 3. The summed E-state index contributed by atoms with van der Waals surface area (Å²) in [6, 6.07) is 19.7. The van der Waals surface area contributed by atoms with Crippen LogP contribution in [0.4, 0.5) is 37.7 Å². The minimum atomic E-state index is -5.17. The fourth-order valence-corrected chi connectivity index (χ4v) is 5.09. The van der Waals surface area contributed by atoms with Crippen LogP contribution in [0.3, 0.4) is 0 Å². The smallest absolute Gasteiger partial charge is 0.471 e. The molecule has 0 saturated carbocycles. The van der Waals surface area contributed by atoms with Crippen molar-refractivity contribution >= 4 is 23.2 Å². The van der Waals surface area contributed by atoms with Crippen LogP contribution in [0.2, 0.25) is 0 Å². The molecule has 1 aliphatic rings. The number of benzene rings is 4. The molecule has 0 spiro atoms. The number of rotatable bonds is 4.